The van der Waals surface area contributed by atoms with E-state index < -0.39 is 0 Å². The zero-order chi connectivity index (χ0) is 22.2. The number of anilines is 1. The first-order chi connectivity index (χ1) is 15.7. The second kappa shape index (κ2) is 11.2. The maximum Gasteiger partial charge on any atom is 0.246 e. The summed E-state index contributed by atoms with van der Waals surface area (Å²) in [5.41, 5.74) is 2.06. The first-order valence-electron chi connectivity index (χ1n) is 10.9. The molecule has 2 heterocycles. The van der Waals surface area contributed by atoms with Gasteiger partial charge in [0.05, 0.1) is 6.61 Å². The number of hydrogen-bond acceptors (Lipinski definition) is 6. The van der Waals surface area contributed by atoms with Crippen molar-refractivity contribution in [2.24, 2.45) is 5.92 Å². The molecule has 4 rings (SSSR count). The number of halogens is 1. The summed E-state index contributed by atoms with van der Waals surface area (Å²) >= 11 is 1.41. The topological polar surface area (TPSA) is 67.3 Å². The average molecular weight is 455 g/mol. The van der Waals surface area contributed by atoms with Crippen LogP contribution in [0.2, 0.25) is 0 Å². The molecule has 1 aliphatic heterocycles. The SMILES string of the molecule is O=C(COCc1ccccc1)NCC1CCN(c2nc(Cc3ccc(F)cc3)ns2)CC1. The van der Waals surface area contributed by atoms with Crippen LogP contribution in [0.4, 0.5) is 9.52 Å². The molecule has 1 aliphatic rings. The zero-order valence-electron chi connectivity index (χ0n) is 17.9. The second-order valence-electron chi connectivity index (χ2n) is 8.01. The molecule has 32 heavy (non-hydrogen) atoms. The number of ether oxygens (including phenoxy) is 1. The summed E-state index contributed by atoms with van der Waals surface area (Å²) in [6.07, 6.45) is 2.60. The smallest absolute Gasteiger partial charge is 0.246 e. The van der Waals surface area contributed by atoms with Gasteiger partial charge in [-0.3, -0.25) is 4.79 Å². The molecule has 0 saturated carbocycles. The summed E-state index contributed by atoms with van der Waals surface area (Å²) in [4.78, 5) is 19.0. The minimum atomic E-state index is -0.237. The van der Waals surface area contributed by atoms with Gasteiger partial charge in [-0.25, -0.2) is 9.37 Å². The Bertz CT molecular complexity index is 989. The number of aromatic nitrogens is 2. The Balaban J connectivity index is 1.15. The van der Waals surface area contributed by atoms with Crippen molar-refractivity contribution in [2.45, 2.75) is 25.9 Å². The zero-order valence-corrected chi connectivity index (χ0v) is 18.7. The van der Waals surface area contributed by atoms with Crippen LogP contribution in [0.1, 0.15) is 29.8 Å². The largest absolute Gasteiger partial charge is 0.367 e. The molecular weight excluding hydrogens is 427 g/mol. The minimum absolute atomic E-state index is 0.0714. The Morgan fingerprint density at radius 2 is 1.84 bits per heavy atom. The molecule has 0 bridgehead atoms. The number of nitrogens with one attached hydrogen (secondary N) is 1. The van der Waals surface area contributed by atoms with E-state index in [0.29, 0.717) is 25.5 Å². The molecule has 6 nitrogen and oxygen atoms in total. The summed E-state index contributed by atoms with van der Waals surface area (Å²) in [6, 6.07) is 16.3. The number of nitrogens with zero attached hydrogens (tertiary/aromatic N) is 3. The van der Waals surface area contributed by atoms with E-state index in [9.17, 15) is 9.18 Å². The lowest BCUT2D eigenvalue weighted by atomic mass is 9.97. The van der Waals surface area contributed by atoms with Crippen molar-refractivity contribution in [1.29, 1.82) is 0 Å². The van der Waals surface area contributed by atoms with Crippen LogP contribution in [-0.4, -0.2) is 41.5 Å². The molecule has 1 aromatic heterocycles. The highest BCUT2D eigenvalue weighted by molar-refractivity contribution is 7.09. The Morgan fingerprint density at radius 3 is 2.59 bits per heavy atom. The maximum absolute atomic E-state index is 13.1. The quantitative estimate of drug-likeness (QED) is 0.533. The van der Waals surface area contributed by atoms with Gasteiger partial charge in [0.15, 0.2) is 0 Å². The number of amides is 1. The summed E-state index contributed by atoms with van der Waals surface area (Å²) < 4.78 is 23.0. The third-order valence-corrected chi connectivity index (χ3v) is 6.37. The van der Waals surface area contributed by atoms with Crippen LogP contribution in [0.25, 0.3) is 0 Å². The van der Waals surface area contributed by atoms with E-state index >= 15 is 0 Å². The Hall–Kier alpha value is -2.84. The summed E-state index contributed by atoms with van der Waals surface area (Å²) in [5.74, 6) is 0.912. The van der Waals surface area contributed by atoms with E-state index in [0.717, 1.165) is 48.0 Å². The molecule has 2 aromatic carbocycles. The van der Waals surface area contributed by atoms with Crippen LogP contribution < -0.4 is 10.2 Å². The summed E-state index contributed by atoms with van der Waals surface area (Å²) in [5, 5.41) is 3.92. The number of rotatable bonds is 9. The van der Waals surface area contributed by atoms with E-state index in [1.165, 1.54) is 23.7 Å². The monoisotopic (exact) mass is 454 g/mol. The fourth-order valence-corrected chi connectivity index (χ4v) is 4.44. The Kier molecular flexibility index (Phi) is 7.79. The van der Waals surface area contributed by atoms with Gasteiger partial charge in [-0.05, 0) is 42.0 Å². The van der Waals surface area contributed by atoms with Crippen LogP contribution in [0.3, 0.4) is 0 Å². The van der Waals surface area contributed by atoms with E-state index in [-0.39, 0.29) is 18.3 Å². The number of carbonyl (C=O) groups is 1. The van der Waals surface area contributed by atoms with Crippen LogP contribution in [0, 0.1) is 11.7 Å². The third kappa shape index (κ3) is 6.58. The molecule has 1 N–H and O–H groups in total. The van der Waals surface area contributed by atoms with E-state index in [1.54, 1.807) is 12.1 Å². The molecule has 0 spiro atoms. The first-order valence-corrected chi connectivity index (χ1v) is 11.6. The van der Waals surface area contributed by atoms with E-state index in [1.807, 2.05) is 30.3 Å². The van der Waals surface area contributed by atoms with Gasteiger partial charge in [-0.2, -0.15) is 4.37 Å². The number of piperidine rings is 1. The van der Waals surface area contributed by atoms with Crippen LogP contribution in [0.5, 0.6) is 0 Å². The molecule has 1 saturated heterocycles. The minimum Gasteiger partial charge on any atom is -0.367 e. The van der Waals surface area contributed by atoms with Gasteiger partial charge in [0, 0.05) is 37.6 Å². The van der Waals surface area contributed by atoms with Crippen molar-refractivity contribution in [3.05, 3.63) is 77.4 Å². The van der Waals surface area contributed by atoms with Crippen LogP contribution in [0.15, 0.2) is 54.6 Å². The highest BCUT2D eigenvalue weighted by Crippen LogP contribution is 2.25. The highest BCUT2D eigenvalue weighted by Gasteiger charge is 2.22. The van der Waals surface area contributed by atoms with Gasteiger partial charge in [-0.1, -0.05) is 42.5 Å². The fourth-order valence-electron chi connectivity index (χ4n) is 3.70. The highest BCUT2D eigenvalue weighted by atomic mass is 32.1. The van der Waals surface area contributed by atoms with Crippen molar-refractivity contribution in [3.63, 3.8) is 0 Å². The van der Waals surface area contributed by atoms with Gasteiger partial charge >= 0.3 is 0 Å². The molecule has 0 aliphatic carbocycles. The molecule has 0 atom stereocenters. The maximum atomic E-state index is 13.1. The molecule has 3 aromatic rings. The van der Waals surface area contributed by atoms with Gasteiger partial charge < -0.3 is 15.0 Å². The lowest BCUT2D eigenvalue weighted by molar-refractivity contribution is -0.126. The van der Waals surface area contributed by atoms with E-state index in [2.05, 4.69) is 19.6 Å². The molecule has 8 heteroatoms. The molecule has 168 valence electrons. The van der Waals surface area contributed by atoms with Gasteiger partial charge in [-0.15, -0.1) is 0 Å². The van der Waals surface area contributed by atoms with Crippen molar-refractivity contribution in [3.8, 4) is 0 Å². The summed E-state index contributed by atoms with van der Waals surface area (Å²) in [6.45, 7) is 2.99. The fraction of sp³-hybridized carbons (Fsp3) is 0.375. The molecule has 0 radical (unpaired) electrons. The predicted molar refractivity (Wildman–Crippen MR) is 123 cm³/mol. The standard InChI is InChI=1S/C24H27FN4O2S/c25-21-8-6-18(7-9-21)14-22-27-24(32-28-22)29-12-10-19(11-13-29)15-26-23(30)17-31-16-20-4-2-1-3-5-20/h1-9,19H,10-17H2,(H,26,30). The average Bonchev–Trinajstić information content (AvgIpc) is 3.29. The summed E-state index contributed by atoms with van der Waals surface area (Å²) in [7, 11) is 0. The van der Waals surface area contributed by atoms with Crippen molar-refractivity contribution in [2.75, 3.05) is 31.1 Å². The van der Waals surface area contributed by atoms with Crippen LogP contribution >= 0.6 is 11.5 Å². The van der Waals surface area contributed by atoms with Crippen molar-refractivity contribution < 1.29 is 13.9 Å². The van der Waals surface area contributed by atoms with E-state index in [4.69, 9.17) is 4.74 Å². The van der Waals surface area contributed by atoms with Gasteiger partial charge in [0.25, 0.3) is 0 Å². The van der Waals surface area contributed by atoms with Gasteiger partial charge in [0.2, 0.25) is 11.0 Å². The number of carbonyl (C=O) groups excluding carboxylic acids is 1. The number of hydrogen-bond donors (Lipinski definition) is 1. The molecular formula is C24H27FN4O2S. The third-order valence-electron chi connectivity index (χ3n) is 5.55. The number of benzene rings is 2. The Morgan fingerprint density at radius 1 is 1.09 bits per heavy atom. The Labute approximate surface area is 191 Å². The lowest BCUT2D eigenvalue weighted by Gasteiger charge is -2.31. The first kappa shape index (κ1) is 22.4. The van der Waals surface area contributed by atoms with Gasteiger partial charge in [0.1, 0.15) is 18.2 Å². The van der Waals surface area contributed by atoms with Crippen LogP contribution in [-0.2, 0) is 22.6 Å². The second-order valence-corrected chi connectivity index (χ2v) is 8.74. The lowest BCUT2D eigenvalue weighted by Crippen LogP contribution is -2.39. The predicted octanol–water partition coefficient (Wildman–Crippen LogP) is 3.82. The van der Waals surface area contributed by atoms with Crippen molar-refractivity contribution in [1.82, 2.24) is 14.7 Å². The molecule has 0 unspecified atom stereocenters. The normalized spacial score (nSPS) is 14.5. The molecule has 1 amide bonds. The van der Waals surface area contributed by atoms with Crippen molar-refractivity contribution >= 4 is 22.6 Å². The molecule has 1 fully saturated rings.